The third kappa shape index (κ3) is 2.86. The van der Waals surface area contributed by atoms with Crippen LogP contribution in [0.15, 0.2) is 12.4 Å². The third-order valence-corrected chi connectivity index (χ3v) is 4.26. The Morgan fingerprint density at radius 3 is 2.86 bits per heavy atom. The van der Waals surface area contributed by atoms with Gasteiger partial charge in [0.25, 0.3) is 0 Å². The van der Waals surface area contributed by atoms with Crippen LogP contribution >= 0.6 is 0 Å². The van der Waals surface area contributed by atoms with E-state index in [9.17, 15) is 14.7 Å². The van der Waals surface area contributed by atoms with Gasteiger partial charge in [-0.2, -0.15) is 0 Å². The van der Waals surface area contributed by atoms with Crippen LogP contribution < -0.4 is 5.32 Å². The fourth-order valence-electron chi connectivity index (χ4n) is 2.93. The van der Waals surface area contributed by atoms with Gasteiger partial charge in [0, 0.05) is 39.0 Å². The molecular formula is C14H22N4O3. The van der Waals surface area contributed by atoms with Gasteiger partial charge in [-0.05, 0) is 19.3 Å². The van der Waals surface area contributed by atoms with Crippen LogP contribution in [0.1, 0.15) is 32.0 Å². The Morgan fingerprint density at radius 2 is 2.29 bits per heavy atom. The summed E-state index contributed by atoms with van der Waals surface area (Å²) in [6.45, 7) is 2.75. The molecule has 0 saturated carbocycles. The number of urea groups is 1. The second kappa shape index (κ2) is 6.15. The minimum atomic E-state index is -1.05. The summed E-state index contributed by atoms with van der Waals surface area (Å²) in [6, 6.07) is -0.300. The van der Waals surface area contributed by atoms with Crippen LogP contribution in [0, 0.1) is 0 Å². The number of carboxylic acid groups (broad SMARTS) is 1. The lowest BCUT2D eigenvalue weighted by molar-refractivity contribution is -0.148. The molecule has 1 aliphatic heterocycles. The maximum atomic E-state index is 12.3. The monoisotopic (exact) mass is 294 g/mol. The Kier molecular flexibility index (Phi) is 4.50. The van der Waals surface area contributed by atoms with E-state index >= 15 is 0 Å². The van der Waals surface area contributed by atoms with E-state index in [-0.39, 0.29) is 6.03 Å². The molecule has 1 atom stereocenters. The van der Waals surface area contributed by atoms with Gasteiger partial charge in [-0.3, -0.25) is 0 Å². The number of imidazole rings is 1. The lowest BCUT2D eigenvalue weighted by Crippen LogP contribution is -2.55. The lowest BCUT2D eigenvalue weighted by Gasteiger charge is -2.33. The van der Waals surface area contributed by atoms with Crippen molar-refractivity contribution in [2.75, 3.05) is 13.1 Å². The van der Waals surface area contributed by atoms with E-state index < -0.39 is 11.5 Å². The van der Waals surface area contributed by atoms with Gasteiger partial charge in [-0.15, -0.1) is 0 Å². The summed E-state index contributed by atoms with van der Waals surface area (Å²) in [5.74, 6) is -0.0292. The summed E-state index contributed by atoms with van der Waals surface area (Å²) < 4.78 is 1.90. The summed E-state index contributed by atoms with van der Waals surface area (Å²) in [7, 11) is 1.90. The molecule has 116 valence electrons. The molecule has 0 bridgehead atoms. The van der Waals surface area contributed by atoms with Crippen LogP contribution in [0.5, 0.6) is 0 Å². The van der Waals surface area contributed by atoms with Crippen molar-refractivity contribution in [2.24, 2.45) is 7.05 Å². The van der Waals surface area contributed by atoms with E-state index in [1.165, 1.54) is 4.90 Å². The molecule has 1 fully saturated rings. The van der Waals surface area contributed by atoms with Crippen LogP contribution in [0.2, 0.25) is 0 Å². The molecule has 2 heterocycles. The molecule has 0 aromatic carbocycles. The summed E-state index contributed by atoms with van der Waals surface area (Å²) in [5.41, 5.74) is -1.05. The van der Waals surface area contributed by atoms with E-state index in [0.29, 0.717) is 32.4 Å². The predicted molar refractivity (Wildman–Crippen MR) is 76.9 cm³/mol. The number of rotatable bonds is 5. The van der Waals surface area contributed by atoms with Gasteiger partial charge in [-0.25, -0.2) is 14.6 Å². The number of hydrogen-bond donors (Lipinski definition) is 2. The zero-order valence-corrected chi connectivity index (χ0v) is 12.5. The van der Waals surface area contributed by atoms with Gasteiger partial charge < -0.3 is 19.9 Å². The molecule has 2 amide bonds. The Morgan fingerprint density at radius 1 is 1.52 bits per heavy atom. The fraction of sp³-hybridized carbons (Fsp3) is 0.643. The first-order chi connectivity index (χ1) is 10.0. The molecule has 0 radical (unpaired) electrons. The number of amides is 2. The van der Waals surface area contributed by atoms with Crippen molar-refractivity contribution in [1.29, 1.82) is 0 Å². The number of aromatic nitrogens is 2. The number of carbonyl (C=O) groups is 2. The van der Waals surface area contributed by atoms with Gasteiger partial charge in [0.15, 0.2) is 0 Å². The molecule has 1 aromatic heterocycles. The summed E-state index contributed by atoms with van der Waals surface area (Å²) in [4.78, 5) is 29.5. The van der Waals surface area contributed by atoms with Crippen molar-refractivity contribution in [3.8, 4) is 0 Å². The van der Waals surface area contributed by atoms with Crippen LogP contribution in [0.25, 0.3) is 0 Å². The van der Waals surface area contributed by atoms with Gasteiger partial charge in [0.1, 0.15) is 11.4 Å². The standard InChI is InChI=1S/C14H22N4O3/c1-3-14(12(19)20)6-4-9-18(14)13(21)16-7-5-11-15-8-10-17(11)2/h8,10H,3-7,9H2,1-2H3,(H,16,21)(H,19,20). The SMILES string of the molecule is CCC1(C(=O)O)CCCN1C(=O)NCCc1nccn1C. The average Bonchev–Trinajstić information content (AvgIpc) is 3.06. The number of aryl methyl sites for hydroxylation is 1. The number of aliphatic carboxylic acids is 1. The molecule has 21 heavy (non-hydrogen) atoms. The highest BCUT2D eigenvalue weighted by atomic mass is 16.4. The van der Waals surface area contributed by atoms with Crippen molar-refractivity contribution in [2.45, 2.75) is 38.1 Å². The molecular weight excluding hydrogens is 272 g/mol. The van der Waals surface area contributed by atoms with E-state index in [1.54, 1.807) is 6.20 Å². The zero-order chi connectivity index (χ0) is 15.5. The highest BCUT2D eigenvalue weighted by Crippen LogP contribution is 2.32. The number of nitrogens with zero attached hydrogens (tertiary/aromatic N) is 3. The Hall–Kier alpha value is -2.05. The second-order valence-corrected chi connectivity index (χ2v) is 5.38. The molecule has 7 heteroatoms. The molecule has 1 aromatic rings. The summed E-state index contributed by atoms with van der Waals surface area (Å²) in [5, 5.41) is 12.3. The number of carboxylic acids is 1. The van der Waals surface area contributed by atoms with E-state index in [2.05, 4.69) is 10.3 Å². The summed E-state index contributed by atoms with van der Waals surface area (Å²) >= 11 is 0. The smallest absolute Gasteiger partial charge is 0.329 e. The van der Waals surface area contributed by atoms with Crippen molar-refractivity contribution in [3.05, 3.63) is 18.2 Å². The highest BCUT2D eigenvalue weighted by Gasteiger charge is 2.48. The number of carbonyl (C=O) groups excluding carboxylic acids is 1. The highest BCUT2D eigenvalue weighted by molar-refractivity contribution is 5.87. The van der Waals surface area contributed by atoms with Gasteiger partial charge in [-0.1, -0.05) is 6.92 Å². The van der Waals surface area contributed by atoms with Gasteiger partial charge in [0.2, 0.25) is 0 Å². The number of likely N-dealkylation sites (tertiary alicyclic amines) is 1. The van der Waals surface area contributed by atoms with E-state index in [1.807, 2.05) is 24.7 Å². The quantitative estimate of drug-likeness (QED) is 0.848. The topological polar surface area (TPSA) is 87.5 Å². The molecule has 7 nitrogen and oxygen atoms in total. The molecule has 0 spiro atoms. The molecule has 2 N–H and O–H groups in total. The molecule has 1 aliphatic rings. The van der Waals surface area contributed by atoms with Crippen molar-refractivity contribution < 1.29 is 14.7 Å². The average molecular weight is 294 g/mol. The largest absolute Gasteiger partial charge is 0.479 e. The molecule has 1 unspecified atom stereocenters. The van der Waals surface area contributed by atoms with Gasteiger partial charge in [0.05, 0.1) is 0 Å². The first-order valence-corrected chi connectivity index (χ1v) is 7.26. The molecule has 0 aliphatic carbocycles. The summed E-state index contributed by atoms with van der Waals surface area (Å²) in [6.07, 6.45) is 5.86. The Balaban J connectivity index is 1.93. The Bertz CT molecular complexity index is 528. The van der Waals surface area contributed by atoms with Crippen molar-refractivity contribution in [1.82, 2.24) is 19.8 Å². The maximum absolute atomic E-state index is 12.3. The minimum absolute atomic E-state index is 0.300. The van der Waals surface area contributed by atoms with Crippen molar-refractivity contribution >= 4 is 12.0 Å². The molecule has 2 rings (SSSR count). The minimum Gasteiger partial charge on any atom is -0.479 e. The first kappa shape index (κ1) is 15.3. The van der Waals surface area contributed by atoms with Crippen LogP contribution in [0.4, 0.5) is 4.79 Å². The molecule has 1 saturated heterocycles. The van der Waals surface area contributed by atoms with Crippen LogP contribution in [0.3, 0.4) is 0 Å². The van der Waals surface area contributed by atoms with Crippen molar-refractivity contribution in [3.63, 3.8) is 0 Å². The van der Waals surface area contributed by atoms with E-state index in [0.717, 1.165) is 12.2 Å². The predicted octanol–water partition coefficient (Wildman–Crippen LogP) is 1.00. The second-order valence-electron chi connectivity index (χ2n) is 5.38. The first-order valence-electron chi connectivity index (χ1n) is 7.26. The third-order valence-electron chi connectivity index (χ3n) is 4.26. The normalized spacial score (nSPS) is 21.5. The van der Waals surface area contributed by atoms with E-state index in [4.69, 9.17) is 0 Å². The van der Waals surface area contributed by atoms with Gasteiger partial charge >= 0.3 is 12.0 Å². The number of nitrogens with one attached hydrogen (secondary N) is 1. The maximum Gasteiger partial charge on any atom is 0.329 e. The fourth-order valence-corrected chi connectivity index (χ4v) is 2.93. The lowest BCUT2D eigenvalue weighted by atomic mass is 9.93. The Labute approximate surface area is 124 Å². The van der Waals surface area contributed by atoms with Crippen LogP contribution in [-0.4, -0.2) is 50.2 Å². The zero-order valence-electron chi connectivity index (χ0n) is 12.5. The number of hydrogen-bond acceptors (Lipinski definition) is 3. The van der Waals surface area contributed by atoms with Crippen LogP contribution in [-0.2, 0) is 18.3 Å².